The molecule has 3 nitrogen and oxygen atoms in total. The molecule has 0 aliphatic heterocycles. The highest BCUT2D eigenvalue weighted by molar-refractivity contribution is 4.65. The third-order valence-electron chi connectivity index (χ3n) is 1.80. The second-order valence-electron chi connectivity index (χ2n) is 3.42. The molecule has 0 amide bonds. The predicted octanol–water partition coefficient (Wildman–Crippen LogP) is 0.689. The first-order valence-electron chi connectivity index (χ1n) is 4.05. The van der Waals surface area contributed by atoms with Crippen LogP contribution in [-0.2, 0) is 0 Å². The first-order chi connectivity index (χ1) is 4.88. The van der Waals surface area contributed by atoms with Gasteiger partial charge in [-0.15, -0.1) is 0 Å². The fourth-order valence-electron chi connectivity index (χ4n) is 1.17. The second-order valence-corrected chi connectivity index (χ2v) is 3.42. The van der Waals surface area contributed by atoms with E-state index in [-0.39, 0.29) is 0 Å². The van der Waals surface area contributed by atoms with E-state index in [0.717, 1.165) is 0 Å². The minimum Gasteiger partial charge on any atom is -0.343 e. The van der Waals surface area contributed by atoms with E-state index in [1.165, 1.54) is 0 Å². The Morgan fingerprint density at radius 3 is 1.73 bits per heavy atom. The van der Waals surface area contributed by atoms with E-state index in [9.17, 15) is 0 Å². The third-order valence-corrected chi connectivity index (χ3v) is 1.80. The second kappa shape index (κ2) is 4.04. The van der Waals surface area contributed by atoms with E-state index < -0.39 is 11.9 Å². The minimum absolute atomic E-state index is 0.366. The van der Waals surface area contributed by atoms with Crippen LogP contribution in [0.1, 0.15) is 33.6 Å². The van der Waals surface area contributed by atoms with Crippen LogP contribution in [0.3, 0.4) is 0 Å². The molecule has 0 aromatic rings. The summed E-state index contributed by atoms with van der Waals surface area (Å²) in [7, 11) is 0. The maximum Gasteiger partial charge on any atom is 0.278 e. The van der Waals surface area contributed by atoms with Gasteiger partial charge in [-0.2, -0.15) is 0 Å². The summed E-state index contributed by atoms with van der Waals surface area (Å²) >= 11 is 0. The van der Waals surface area contributed by atoms with E-state index in [2.05, 4.69) is 0 Å². The molecule has 0 bridgehead atoms. The van der Waals surface area contributed by atoms with E-state index >= 15 is 0 Å². The largest absolute Gasteiger partial charge is 0.343 e. The van der Waals surface area contributed by atoms with Crippen molar-refractivity contribution in [2.75, 3.05) is 0 Å². The topological polar surface area (TPSA) is 60.7 Å². The van der Waals surface area contributed by atoms with Crippen molar-refractivity contribution in [1.82, 2.24) is 0 Å². The molecule has 1 unspecified atom stereocenters. The van der Waals surface area contributed by atoms with Gasteiger partial charge in [-0.25, -0.2) is 0 Å². The maximum absolute atomic E-state index is 8.84. The van der Waals surface area contributed by atoms with E-state index in [1.54, 1.807) is 0 Å². The first kappa shape index (κ1) is 10.9. The van der Waals surface area contributed by atoms with Gasteiger partial charge in [0.05, 0.1) is 0 Å². The molecule has 1 atom stereocenters. The lowest BCUT2D eigenvalue weighted by Gasteiger charge is -2.26. The Kier molecular flexibility index (Phi) is 4.00. The summed E-state index contributed by atoms with van der Waals surface area (Å²) in [5.41, 5.74) is 0. The van der Waals surface area contributed by atoms with Crippen LogP contribution >= 0.6 is 0 Å². The van der Waals surface area contributed by atoms with Crippen LogP contribution in [0.5, 0.6) is 0 Å². The minimum atomic E-state index is -2.50. The van der Waals surface area contributed by atoms with Gasteiger partial charge in [0.1, 0.15) is 0 Å². The Bertz CT molecular complexity index is 104. The van der Waals surface area contributed by atoms with Crippen LogP contribution in [0.4, 0.5) is 0 Å². The van der Waals surface area contributed by atoms with Gasteiger partial charge in [-0.3, -0.25) is 0 Å². The zero-order chi connectivity index (χ0) is 9.07. The van der Waals surface area contributed by atoms with Crippen molar-refractivity contribution in [3.63, 3.8) is 0 Å². The number of rotatable bonds is 4. The smallest absolute Gasteiger partial charge is 0.278 e. The van der Waals surface area contributed by atoms with E-state index in [4.69, 9.17) is 15.3 Å². The molecule has 0 aromatic carbocycles. The molecule has 0 aliphatic carbocycles. The van der Waals surface area contributed by atoms with Crippen molar-refractivity contribution < 1.29 is 15.3 Å². The molecule has 0 aliphatic rings. The van der Waals surface area contributed by atoms with Crippen molar-refractivity contribution in [2.45, 2.75) is 39.6 Å². The highest BCUT2D eigenvalue weighted by Gasteiger charge is 2.30. The normalized spacial score (nSPS) is 15.5. The van der Waals surface area contributed by atoms with E-state index in [0.29, 0.717) is 18.8 Å². The van der Waals surface area contributed by atoms with Crippen LogP contribution in [0, 0.1) is 11.8 Å². The lowest BCUT2D eigenvalue weighted by molar-refractivity contribution is -0.344. The monoisotopic (exact) mass is 162 g/mol. The van der Waals surface area contributed by atoms with Gasteiger partial charge in [0.15, 0.2) is 0 Å². The molecule has 0 radical (unpaired) electrons. The Balaban J connectivity index is 3.96. The molecule has 0 saturated carbocycles. The van der Waals surface area contributed by atoms with Gasteiger partial charge in [0.2, 0.25) is 0 Å². The van der Waals surface area contributed by atoms with Crippen LogP contribution in [0.2, 0.25) is 0 Å². The molecular weight excluding hydrogens is 144 g/mol. The Morgan fingerprint density at radius 1 is 1.18 bits per heavy atom. The zero-order valence-electron chi connectivity index (χ0n) is 7.41. The van der Waals surface area contributed by atoms with Crippen LogP contribution in [0.15, 0.2) is 0 Å². The van der Waals surface area contributed by atoms with E-state index in [1.807, 2.05) is 20.8 Å². The van der Waals surface area contributed by atoms with Gasteiger partial charge in [0.25, 0.3) is 5.97 Å². The van der Waals surface area contributed by atoms with Crippen molar-refractivity contribution in [3.05, 3.63) is 0 Å². The summed E-state index contributed by atoms with van der Waals surface area (Å²) in [4.78, 5) is 0. The fraction of sp³-hybridized carbons (Fsp3) is 1.00. The quantitative estimate of drug-likeness (QED) is 0.533. The fourth-order valence-corrected chi connectivity index (χ4v) is 1.17. The molecule has 0 saturated heterocycles. The summed E-state index contributed by atoms with van der Waals surface area (Å²) in [6, 6.07) is 0. The van der Waals surface area contributed by atoms with Crippen LogP contribution < -0.4 is 0 Å². The third kappa shape index (κ3) is 4.35. The lowest BCUT2D eigenvalue weighted by Crippen LogP contribution is -2.37. The Hall–Kier alpha value is -0.120. The molecule has 3 N–H and O–H groups in total. The van der Waals surface area contributed by atoms with Crippen molar-refractivity contribution in [1.29, 1.82) is 0 Å². The molecule has 0 heterocycles. The summed E-state index contributed by atoms with van der Waals surface area (Å²) in [6.45, 7) is 5.78. The predicted molar refractivity (Wildman–Crippen MR) is 42.6 cm³/mol. The average molecular weight is 162 g/mol. The van der Waals surface area contributed by atoms with Gasteiger partial charge in [-0.1, -0.05) is 20.8 Å². The average Bonchev–Trinajstić information content (AvgIpc) is 1.79. The number of hydrogen-bond donors (Lipinski definition) is 3. The van der Waals surface area contributed by atoms with Crippen LogP contribution in [0.25, 0.3) is 0 Å². The molecule has 68 valence electrons. The SMILES string of the molecule is CCC(CC(C)C)C(O)(O)O. The van der Waals surface area contributed by atoms with Gasteiger partial charge >= 0.3 is 0 Å². The van der Waals surface area contributed by atoms with Crippen molar-refractivity contribution in [2.24, 2.45) is 11.8 Å². The Morgan fingerprint density at radius 2 is 1.64 bits per heavy atom. The highest BCUT2D eigenvalue weighted by Crippen LogP contribution is 2.23. The molecule has 0 rings (SSSR count). The molecule has 3 heteroatoms. The number of aliphatic hydroxyl groups is 3. The van der Waals surface area contributed by atoms with Crippen molar-refractivity contribution in [3.8, 4) is 0 Å². The maximum atomic E-state index is 8.84. The molecule has 0 fully saturated rings. The molecule has 11 heavy (non-hydrogen) atoms. The molecule has 0 aromatic heterocycles. The van der Waals surface area contributed by atoms with Gasteiger partial charge in [-0.05, 0) is 18.8 Å². The highest BCUT2D eigenvalue weighted by atomic mass is 16.7. The van der Waals surface area contributed by atoms with Crippen molar-refractivity contribution >= 4 is 0 Å². The first-order valence-corrected chi connectivity index (χ1v) is 4.05. The zero-order valence-corrected chi connectivity index (χ0v) is 7.41. The standard InChI is InChI=1S/C8H18O3/c1-4-7(5-6(2)3)8(9,10)11/h6-7,9-11H,4-5H2,1-3H3. The Labute approximate surface area is 67.7 Å². The summed E-state index contributed by atoms with van der Waals surface area (Å²) in [5, 5.41) is 26.5. The van der Waals surface area contributed by atoms with Gasteiger partial charge < -0.3 is 15.3 Å². The summed E-state index contributed by atoms with van der Waals surface area (Å²) in [6.07, 6.45) is 1.20. The lowest BCUT2D eigenvalue weighted by atomic mass is 9.93. The van der Waals surface area contributed by atoms with Crippen LogP contribution in [-0.4, -0.2) is 21.3 Å². The summed E-state index contributed by atoms with van der Waals surface area (Å²) < 4.78 is 0. The summed E-state index contributed by atoms with van der Waals surface area (Å²) in [5.74, 6) is -2.58. The molecular formula is C8H18O3. The van der Waals surface area contributed by atoms with Gasteiger partial charge in [0, 0.05) is 5.92 Å². The number of hydrogen-bond acceptors (Lipinski definition) is 3. The molecule has 0 spiro atoms.